The quantitative estimate of drug-likeness (QED) is 0.634. The lowest BCUT2D eigenvalue weighted by Crippen LogP contribution is -2.30. The predicted octanol–water partition coefficient (Wildman–Crippen LogP) is 1.50. The molecule has 13 heavy (non-hydrogen) atoms. The highest BCUT2D eigenvalue weighted by Crippen LogP contribution is 2.27. The highest BCUT2D eigenvalue weighted by atomic mass is 16.4. The van der Waals surface area contributed by atoms with Gasteiger partial charge in [0, 0.05) is 19.1 Å². The lowest BCUT2D eigenvalue weighted by atomic mass is 10.3. The van der Waals surface area contributed by atoms with Gasteiger partial charge >= 0.3 is 5.97 Å². The van der Waals surface area contributed by atoms with Crippen LogP contribution < -0.4 is 0 Å². The summed E-state index contributed by atoms with van der Waals surface area (Å²) in [5.41, 5.74) is 1.11. The topological polar surface area (TPSA) is 40.5 Å². The Balaban J connectivity index is 2.29. The van der Waals surface area contributed by atoms with Crippen LogP contribution in [0.4, 0.5) is 0 Å². The Morgan fingerprint density at radius 3 is 2.62 bits per heavy atom. The van der Waals surface area contributed by atoms with E-state index in [9.17, 15) is 4.79 Å². The molecule has 0 aromatic rings. The zero-order chi connectivity index (χ0) is 9.84. The molecule has 0 amide bonds. The summed E-state index contributed by atoms with van der Waals surface area (Å²) in [7, 11) is 0. The maximum atomic E-state index is 10.4. The first-order valence-corrected chi connectivity index (χ1v) is 4.70. The van der Waals surface area contributed by atoms with E-state index in [2.05, 4.69) is 11.5 Å². The van der Waals surface area contributed by atoms with Crippen molar-refractivity contribution in [2.45, 2.75) is 32.2 Å². The van der Waals surface area contributed by atoms with Crippen LogP contribution in [0.5, 0.6) is 0 Å². The standard InChI is InChI=1S/C10H17NO2/c1-8(2)7-11(9-3-4-9)6-5-10(12)13/h9H,1,3-7H2,2H3,(H,12,13). The van der Waals surface area contributed by atoms with Crippen molar-refractivity contribution in [3.05, 3.63) is 12.2 Å². The molecule has 1 saturated carbocycles. The van der Waals surface area contributed by atoms with Crippen LogP contribution in [0.3, 0.4) is 0 Å². The molecule has 0 bridgehead atoms. The summed E-state index contributed by atoms with van der Waals surface area (Å²) in [4.78, 5) is 12.6. The third kappa shape index (κ3) is 4.08. The molecule has 1 aliphatic carbocycles. The van der Waals surface area contributed by atoms with E-state index in [1.807, 2.05) is 6.92 Å². The van der Waals surface area contributed by atoms with Crippen LogP contribution in [0.1, 0.15) is 26.2 Å². The molecule has 0 aromatic heterocycles. The second-order valence-corrected chi connectivity index (χ2v) is 3.80. The summed E-state index contributed by atoms with van der Waals surface area (Å²) in [6.07, 6.45) is 2.67. The van der Waals surface area contributed by atoms with Gasteiger partial charge in [-0.1, -0.05) is 12.2 Å². The van der Waals surface area contributed by atoms with Gasteiger partial charge in [0.25, 0.3) is 0 Å². The Labute approximate surface area is 79.0 Å². The fourth-order valence-electron chi connectivity index (χ4n) is 1.42. The predicted molar refractivity (Wildman–Crippen MR) is 51.7 cm³/mol. The lowest BCUT2D eigenvalue weighted by Gasteiger charge is -2.20. The molecule has 0 aromatic carbocycles. The first-order valence-electron chi connectivity index (χ1n) is 4.70. The van der Waals surface area contributed by atoms with Gasteiger partial charge in [-0.25, -0.2) is 0 Å². The zero-order valence-corrected chi connectivity index (χ0v) is 8.12. The second kappa shape index (κ2) is 4.42. The van der Waals surface area contributed by atoms with Crippen molar-refractivity contribution in [3.63, 3.8) is 0 Å². The Kier molecular flexibility index (Phi) is 3.48. The first kappa shape index (κ1) is 10.3. The van der Waals surface area contributed by atoms with Crippen molar-refractivity contribution >= 4 is 5.97 Å². The molecule has 0 radical (unpaired) electrons. The Hall–Kier alpha value is -0.830. The molecule has 3 nitrogen and oxygen atoms in total. The summed E-state index contributed by atoms with van der Waals surface area (Å²) in [5, 5.41) is 8.55. The monoisotopic (exact) mass is 183 g/mol. The van der Waals surface area contributed by atoms with Gasteiger partial charge in [-0.3, -0.25) is 9.69 Å². The molecule has 74 valence electrons. The molecule has 0 heterocycles. The minimum Gasteiger partial charge on any atom is -0.481 e. The molecule has 1 rings (SSSR count). The fraction of sp³-hybridized carbons (Fsp3) is 0.700. The number of hydrogen-bond donors (Lipinski definition) is 1. The molecule has 0 saturated heterocycles. The largest absolute Gasteiger partial charge is 0.481 e. The van der Waals surface area contributed by atoms with E-state index in [1.54, 1.807) is 0 Å². The maximum Gasteiger partial charge on any atom is 0.304 e. The average Bonchev–Trinajstić information content (AvgIpc) is 2.78. The van der Waals surface area contributed by atoms with E-state index in [4.69, 9.17) is 5.11 Å². The summed E-state index contributed by atoms with van der Waals surface area (Å²) in [6.45, 7) is 7.33. The zero-order valence-electron chi connectivity index (χ0n) is 8.12. The number of hydrogen-bond acceptors (Lipinski definition) is 2. The van der Waals surface area contributed by atoms with Crippen molar-refractivity contribution in [2.24, 2.45) is 0 Å². The van der Waals surface area contributed by atoms with E-state index in [0.717, 1.165) is 12.1 Å². The highest BCUT2D eigenvalue weighted by Gasteiger charge is 2.28. The molecule has 0 spiro atoms. The van der Waals surface area contributed by atoms with E-state index in [-0.39, 0.29) is 6.42 Å². The molecule has 3 heteroatoms. The van der Waals surface area contributed by atoms with Crippen LogP contribution in [-0.2, 0) is 4.79 Å². The molecule has 1 aliphatic rings. The Morgan fingerprint density at radius 2 is 2.23 bits per heavy atom. The number of carbonyl (C=O) groups is 1. The third-order valence-electron chi connectivity index (χ3n) is 2.15. The summed E-state index contributed by atoms with van der Waals surface area (Å²) < 4.78 is 0. The normalized spacial score (nSPS) is 16.2. The minimum absolute atomic E-state index is 0.240. The number of carboxylic acids is 1. The third-order valence-corrected chi connectivity index (χ3v) is 2.15. The van der Waals surface area contributed by atoms with Gasteiger partial charge < -0.3 is 5.11 Å². The maximum absolute atomic E-state index is 10.4. The van der Waals surface area contributed by atoms with Crippen LogP contribution in [-0.4, -0.2) is 35.1 Å². The number of aliphatic carboxylic acids is 1. The van der Waals surface area contributed by atoms with E-state index in [0.29, 0.717) is 12.6 Å². The molecular weight excluding hydrogens is 166 g/mol. The van der Waals surface area contributed by atoms with Gasteiger partial charge in [-0.15, -0.1) is 0 Å². The summed E-state index contributed by atoms with van der Waals surface area (Å²) in [5.74, 6) is -0.715. The molecular formula is C10H17NO2. The van der Waals surface area contributed by atoms with Crippen molar-refractivity contribution in [2.75, 3.05) is 13.1 Å². The number of nitrogens with zero attached hydrogens (tertiary/aromatic N) is 1. The first-order chi connectivity index (χ1) is 6.09. The van der Waals surface area contributed by atoms with Crippen LogP contribution in [0.2, 0.25) is 0 Å². The fourth-order valence-corrected chi connectivity index (χ4v) is 1.42. The summed E-state index contributed by atoms with van der Waals surface area (Å²) in [6, 6.07) is 0.621. The Bertz CT molecular complexity index is 209. The minimum atomic E-state index is -0.715. The van der Waals surface area contributed by atoms with Crippen LogP contribution in [0.15, 0.2) is 12.2 Å². The Morgan fingerprint density at radius 1 is 1.62 bits per heavy atom. The lowest BCUT2D eigenvalue weighted by molar-refractivity contribution is -0.137. The van der Waals surface area contributed by atoms with Crippen LogP contribution in [0.25, 0.3) is 0 Å². The van der Waals surface area contributed by atoms with Crippen molar-refractivity contribution in [1.82, 2.24) is 4.90 Å². The van der Waals surface area contributed by atoms with Gasteiger partial charge in [0.05, 0.1) is 6.42 Å². The van der Waals surface area contributed by atoms with Gasteiger partial charge in [-0.2, -0.15) is 0 Å². The van der Waals surface area contributed by atoms with Gasteiger partial charge in [0.2, 0.25) is 0 Å². The van der Waals surface area contributed by atoms with Gasteiger partial charge in [-0.05, 0) is 19.8 Å². The average molecular weight is 183 g/mol. The second-order valence-electron chi connectivity index (χ2n) is 3.80. The van der Waals surface area contributed by atoms with Crippen molar-refractivity contribution in [1.29, 1.82) is 0 Å². The van der Waals surface area contributed by atoms with Gasteiger partial charge in [0.1, 0.15) is 0 Å². The van der Waals surface area contributed by atoms with E-state index < -0.39 is 5.97 Å². The number of carboxylic acid groups (broad SMARTS) is 1. The van der Waals surface area contributed by atoms with Crippen LogP contribution >= 0.6 is 0 Å². The van der Waals surface area contributed by atoms with E-state index in [1.165, 1.54) is 12.8 Å². The summed E-state index contributed by atoms with van der Waals surface area (Å²) >= 11 is 0. The van der Waals surface area contributed by atoms with Crippen molar-refractivity contribution < 1.29 is 9.90 Å². The van der Waals surface area contributed by atoms with Crippen LogP contribution in [0, 0.1) is 0 Å². The molecule has 0 atom stereocenters. The highest BCUT2D eigenvalue weighted by molar-refractivity contribution is 5.66. The number of rotatable bonds is 6. The molecule has 1 fully saturated rings. The van der Waals surface area contributed by atoms with Crippen molar-refractivity contribution in [3.8, 4) is 0 Å². The molecule has 1 N–H and O–H groups in total. The van der Waals surface area contributed by atoms with E-state index >= 15 is 0 Å². The SMILES string of the molecule is C=C(C)CN(CCC(=O)O)C1CC1. The molecule has 0 unspecified atom stereocenters. The molecule has 0 aliphatic heterocycles. The van der Waals surface area contributed by atoms with Gasteiger partial charge in [0.15, 0.2) is 0 Å². The smallest absolute Gasteiger partial charge is 0.304 e.